The second kappa shape index (κ2) is 4.85. The van der Waals surface area contributed by atoms with E-state index >= 15 is 0 Å². The molecule has 1 saturated carbocycles. The minimum atomic E-state index is -0.664. The topological polar surface area (TPSA) is 61.4 Å². The lowest BCUT2D eigenvalue weighted by Crippen LogP contribution is -2.47. The highest BCUT2D eigenvalue weighted by Crippen LogP contribution is 2.31. The van der Waals surface area contributed by atoms with Crippen LogP contribution < -0.4 is 10.6 Å². The Morgan fingerprint density at radius 2 is 2.21 bits per heavy atom. The van der Waals surface area contributed by atoms with Gasteiger partial charge in [0, 0.05) is 24.3 Å². The maximum absolute atomic E-state index is 12.3. The first kappa shape index (κ1) is 12.5. The van der Waals surface area contributed by atoms with Crippen molar-refractivity contribution in [3.63, 3.8) is 0 Å². The predicted octanol–water partition coefficient (Wildman–Crippen LogP) is 1.69. The van der Waals surface area contributed by atoms with Gasteiger partial charge in [0.15, 0.2) is 0 Å². The van der Waals surface area contributed by atoms with E-state index in [9.17, 15) is 9.90 Å². The maximum atomic E-state index is 12.3. The second-order valence-electron chi connectivity index (χ2n) is 5.62. The van der Waals surface area contributed by atoms with Crippen molar-refractivity contribution in [3.8, 4) is 0 Å². The lowest BCUT2D eigenvalue weighted by molar-refractivity contribution is -0.0300. The lowest BCUT2D eigenvalue weighted by Gasteiger charge is -2.36. The summed E-state index contributed by atoms with van der Waals surface area (Å²) in [4.78, 5) is 12.3. The zero-order valence-electron chi connectivity index (χ0n) is 11.0. The summed E-state index contributed by atoms with van der Waals surface area (Å²) < 4.78 is 0. The predicted molar refractivity (Wildman–Crippen MR) is 74.4 cm³/mol. The van der Waals surface area contributed by atoms with Crippen LogP contribution in [0.4, 0.5) is 5.69 Å². The fourth-order valence-corrected chi connectivity index (χ4v) is 2.82. The number of rotatable bonds is 3. The monoisotopic (exact) mass is 260 g/mol. The molecule has 0 saturated heterocycles. The lowest BCUT2D eigenvalue weighted by atomic mass is 9.80. The third kappa shape index (κ3) is 2.45. The fourth-order valence-electron chi connectivity index (χ4n) is 2.82. The largest absolute Gasteiger partial charge is 0.388 e. The first-order valence-corrected chi connectivity index (χ1v) is 7.04. The molecule has 102 valence electrons. The molecule has 2 aliphatic rings. The summed E-state index contributed by atoms with van der Waals surface area (Å²) >= 11 is 0. The van der Waals surface area contributed by atoms with Crippen molar-refractivity contribution < 1.29 is 9.90 Å². The molecule has 0 atom stereocenters. The van der Waals surface area contributed by atoms with Gasteiger partial charge in [0.05, 0.1) is 5.60 Å². The Kier molecular flexibility index (Phi) is 3.19. The van der Waals surface area contributed by atoms with Gasteiger partial charge in [-0.05, 0) is 49.8 Å². The van der Waals surface area contributed by atoms with E-state index in [1.807, 2.05) is 18.2 Å². The summed E-state index contributed by atoms with van der Waals surface area (Å²) in [5, 5.41) is 16.2. The molecule has 0 radical (unpaired) electrons. The molecule has 0 aromatic heterocycles. The first-order chi connectivity index (χ1) is 9.18. The summed E-state index contributed by atoms with van der Waals surface area (Å²) in [6, 6.07) is 5.79. The Hall–Kier alpha value is -1.55. The molecule has 3 N–H and O–H groups in total. The zero-order chi connectivity index (χ0) is 13.3. The molecule has 4 heteroatoms. The first-order valence-electron chi connectivity index (χ1n) is 7.04. The SMILES string of the molecule is O=C(NCC1(O)CCC1)c1cccc2c1CCCN2. The maximum Gasteiger partial charge on any atom is 0.251 e. The highest BCUT2D eigenvalue weighted by molar-refractivity contribution is 5.97. The number of carbonyl (C=O) groups is 1. The van der Waals surface area contributed by atoms with Crippen LogP contribution in [0.2, 0.25) is 0 Å². The van der Waals surface area contributed by atoms with Gasteiger partial charge in [0.25, 0.3) is 5.91 Å². The molecule has 1 aliphatic heterocycles. The molecule has 0 bridgehead atoms. The molecule has 1 aliphatic carbocycles. The van der Waals surface area contributed by atoms with E-state index in [0.717, 1.165) is 55.5 Å². The van der Waals surface area contributed by atoms with Crippen LogP contribution >= 0.6 is 0 Å². The number of nitrogens with one attached hydrogen (secondary N) is 2. The van der Waals surface area contributed by atoms with E-state index in [1.165, 1.54) is 0 Å². The van der Waals surface area contributed by atoms with Crippen LogP contribution in [-0.4, -0.2) is 29.7 Å². The summed E-state index contributed by atoms with van der Waals surface area (Å²) in [5.74, 6) is -0.0686. The van der Waals surface area contributed by atoms with Crippen molar-refractivity contribution in [2.24, 2.45) is 0 Å². The van der Waals surface area contributed by atoms with Crippen LogP contribution in [0, 0.1) is 0 Å². The number of anilines is 1. The minimum absolute atomic E-state index is 0.0686. The molecule has 1 amide bonds. The smallest absolute Gasteiger partial charge is 0.251 e. The zero-order valence-corrected chi connectivity index (χ0v) is 11.0. The quantitative estimate of drug-likeness (QED) is 0.775. The molecular formula is C15H20N2O2. The van der Waals surface area contributed by atoms with Crippen LogP contribution in [0.3, 0.4) is 0 Å². The Morgan fingerprint density at radius 3 is 2.95 bits per heavy atom. The summed E-state index contributed by atoms with van der Waals surface area (Å²) in [6.07, 6.45) is 4.64. The number of amides is 1. The molecule has 1 aromatic carbocycles. The highest BCUT2D eigenvalue weighted by atomic mass is 16.3. The Bertz CT molecular complexity index is 495. The Labute approximate surface area is 113 Å². The van der Waals surface area contributed by atoms with Crippen LogP contribution in [0.25, 0.3) is 0 Å². The van der Waals surface area contributed by atoms with Crippen molar-refractivity contribution in [1.82, 2.24) is 5.32 Å². The summed E-state index contributed by atoms with van der Waals surface area (Å²) in [6.45, 7) is 1.33. The summed E-state index contributed by atoms with van der Waals surface area (Å²) in [7, 11) is 0. The third-order valence-electron chi connectivity index (χ3n) is 4.20. The van der Waals surface area contributed by atoms with Crippen molar-refractivity contribution in [1.29, 1.82) is 0 Å². The van der Waals surface area contributed by atoms with E-state index in [1.54, 1.807) is 0 Å². The molecule has 0 spiro atoms. The van der Waals surface area contributed by atoms with Crippen molar-refractivity contribution in [2.45, 2.75) is 37.7 Å². The molecule has 3 rings (SSSR count). The molecule has 19 heavy (non-hydrogen) atoms. The van der Waals surface area contributed by atoms with Crippen LogP contribution in [0.15, 0.2) is 18.2 Å². The Balaban J connectivity index is 1.72. The summed E-state index contributed by atoms with van der Waals surface area (Å²) in [5.41, 5.74) is 2.25. The van der Waals surface area contributed by atoms with Crippen molar-refractivity contribution in [3.05, 3.63) is 29.3 Å². The number of benzene rings is 1. The van der Waals surface area contributed by atoms with Gasteiger partial charge in [-0.1, -0.05) is 6.07 Å². The molecule has 4 nitrogen and oxygen atoms in total. The van der Waals surface area contributed by atoms with Gasteiger partial charge in [-0.3, -0.25) is 4.79 Å². The van der Waals surface area contributed by atoms with E-state index in [4.69, 9.17) is 0 Å². The molecule has 0 unspecified atom stereocenters. The standard InChI is InChI=1S/C15H20N2O2/c18-14(17-10-15(19)7-3-8-15)12-4-1-6-13-11(12)5-2-9-16-13/h1,4,6,16,19H,2-3,5,7-10H2,(H,17,18). The molecule has 1 heterocycles. The third-order valence-corrected chi connectivity index (χ3v) is 4.20. The van der Waals surface area contributed by atoms with Crippen LogP contribution in [-0.2, 0) is 6.42 Å². The number of hydrogen-bond donors (Lipinski definition) is 3. The van der Waals surface area contributed by atoms with E-state index in [0.29, 0.717) is 6.54 Å². The normalized spacial score (nSPS) is 19.8. The highest BCUT2D eigenvalue weighted by Gasteiger charge is 2.34. The van der Waals surface area contributed by atoms with Gasteiger partial charge in [0.1, 0.15) is 0 Å². The minimum Gasteiger partial charge on any atom is -0.388 e. The van der Waals surface area contributed by atoms with Gasteiger partial charge in [0.2, 0.25) is 0 Å². The molecule has 1 aromatic rings. The number of fused-ring (bicyclic) bond motifs is 1. The average Bonchev–Trinajstić information content (AvgIpc) is 2.42. The number of carbonyl (C=O) groups excluding carboxylic acids is 1. The second-order valence-corrected chi connectivity index (χ2v) is 5.62. The average molecular weight is 260 g/mol. The van der Waals surface area contributed by atoms with Crippen molar-refractivity contribution >= 4 is 11.6 Å². The van der Waals surface area contributed by atoms with Crippen LogP contribution in [0.1, 0.15) is 41.6 Å². The van der Waals surface area contributed by atoms with Gasteiger partial charge >= 0.3 is 0 Å². The van der Waals surface area contributed by atoms with Crippen LogP contribution in [0.5, 0.6) is 0 Å². The van der Waals surface area contributed by atoms with Crippen molar-refractivity contribution in [2.75, 3.05) is 18.4 Å². The van der Waals surface area contributed by atoms with E-state index in [2.05, 4.69) is 10.6 Å². The van der Waals surface area contributed by atoms with E-state index in [-0.39, 0.29) is 5.91 Å². The van der Waals surface area contributed by atoms with E-state index < -0.39 is 5.60 Å². The molecule has 1 fully saturated rings. The van der Waals surface area contributed by atoms with Gasteiger partial charge in [-0.15, -0.1) is 0 Å². The fraction of sp³-hybridized carbons (Fsp3) is 0.533. The number of aliphatic hydroxyl groups is 1. The van der Waals surface area contributed by atoms with Gasteiger partial charge in [-0.2, -0.15) is 0 Å². The Morgan fingerprint density at radius 1 is 1.37 bits per heavy atom. The van der Waals surface area contributed by atoms with Gasteiger partial charge < -0.3 is 15.7 Å². The van der Waals surface area contributed by atoms with Gasteiger partial charge in [-0.25, -0.2) is 0 Å². The molecular weight excluding hydrogens is 240 g/mol. The number of hydrogen-bond acceptors (Lipinski definition) is 3.